The maximum Gasteiger partial charge on any atom is 0.343 e. The zero-order valence-electron chi connectivity index (χ0n) is 19.3. The molecule has 172 valence electrons. The molecule has 0 bridgehead atoms. The predicted octanol–water partition coefficient (Wildman–Crippen LogP) is 7.46. The van der Waals surface area contributed by atoms with E-state index in [0.717, 1.165) is 23.6 Å². The minimum atomic E-state index is -0.566. The quantitative estimate of drug-likeness (QED) is 0.205. The van der Waals surface area contributed by atoms with Crippen molar-refractivity contribution in [1.29, 1.82) is 0 Å². The molecule has 0 heterocycles. The fraction of sp³-hybridized carbons (Fsp3) is 0.167. The van der Waals surface area contributed by atoms with Crippen LogP contribution in [0.2, 0.25) is 0 Å². The zero-order valence-corrected chi connectivity index (χ0v) is 19.3. The number of hydrogen-bond donors (Lipinski definition) is 0. The van der Waals surface area contributed by atoms with E-state index in [1.807, 2.05) is 18.2 Å². The van der Waals surface area contributed by atoms with Crippen LogP contribution in [0.1, 0.15) is 41.3 Å². The van der Waals surface area contributed by atoms with Crippen molar-refractivity contribution in [1.82, 2.24) is 0 Å². The second kappa shape index (κ2) is 10.8. The van der Waals surface area contributed by atoms with Gasteiger partial charge in [0.05, 0.1) is 12.2 Å². The summed E-state index contributed by atoms with van der Waals surface area (Å²) in [4.78, 5) is 12.5. The Kier molecular flexibility index (Phi) is 7.38. The molecule has 0 saturated heterocycles. The Labute approximate surface area is 199 Å². The van der Waals surface area contributed by atoms with Crippen LogP contribution in [0.15, 0.2) is 97.1 Å². The highest BCUT2D eigenvalue weighted by atomic mass is 19.1. The Balaban J connectivity index is 1.39. The van der Waals surface area contributed by atoms with Crippen LogP contribution in [0.5, 0.6) is 11.5 Å². The van der Waals surface area contributed by atoms with E-state index in [0.29, 0.717) is 18.1 Å². The molecule has 0 aromatic heterocycles. The molecule has 4 heteroatoms. The first-order valence-corrected chi connectivity index (χ1v) is 11.4. The van der Waals surface area contributed by atoms with Gasteiger partial charge in [0.2, 0.25) is 0 Å². The van der Waals surface area contributed by atoms with E-state index in [-0.39, 0.29) is 11.5 Å². The van der Waals surface area contributed by atoms with Crippen molar-refractivity contribution in [3.8, 4) is 22.6 Å². The van der Waals surface area contributed by atoms with Crippen LogP contribution in [0.4, 0.5) is 4.39 Å². The number of carbonyl (C=O) groups is 1. The number of ether oxygens (including phenoxy) is 2. The van der Waals surface area contributed by atoms with Gasteiger partial charge in [-0.2, -0.15) is 0 Å². The molecule has 0 unspecified atom stereocenters. The van der Waals surface area contributed by atoms with Crippen molar-refractivity contribution >= 4 is 5.97 Å². The third-order valence-electron chi connectivity index (χ3n) is 5.73. The molecule has 0 radical (unpaired) electrons. The van der Waals surface area contributed by atoms with Crippen molar-refractivity contribution in [3.63, 3.8) is 0 Å². The van der Waals surface area contributed by atoms with E-state index in [1.165, 1.54) is 23.3 Å². The lowest BCUT2D eigenvalue weighted by molar-refractivity contribution is 0.0734. The topological polar surface area (TPSA) is 35.5 Å². The Morgan fingerprint density at radius 1 is 0.853 bits per heavy atom. The first kappa shape index (κ1) is 23.2. The molecule has 0 aliphatic heterocycles. The second-order valence-electron chi connectivity index (χ2n) is 8.20. The smallest absolute Gasteiger partial charge is 0.343 e. The summed E-state index contributed by atoms with van der Waals surface area (Å²) in [6, 6.07) is 30.3. The second-order valence-corrected chi connectivity index (χ2v) is 8.20. The van der Waals surface area contributed by atoms with Crippen LogP contribution >= 0.6 is 0 Å². The van der Waals surface area contributed by atoms with Crippen LogP contribution in [0, 0.1) is 5.82 Å². The molecule has 4 rings (SSSR count). The van der Waals surface area contributed by atoms with E-state index in [2.05, 4.69) is 55.5 Å². The van der Waals surface area contributed by atoms with Gasteiger partial charge in [0, 0.05) is 6.07 Å². The highest BCUT2D eigenvalue weighted by Crippen LogP contribution is 2.26. The zero-order chi connectivity index (χ0) is 23.9. The highest BCUT2D eigenvalue weighted by Gasteiger charge is 2.12. The molecule has 3 nitrogen and oxygen atoms in total. The Hall–Kier alpha value is -3.92. The van der Waals surface area contributed by atoms with Crippen LogP contribution in [-0.2, 0) is 6.42 Å². The molecular weight excluding hydrogens is 427 g/mol. The third-order valence-corrected chi connectivity index (χ3v) is 5.73. The average molecular weight is 455 g/mol. The van der Waals surface area contributed by atoms with Crippen molar-refractivity contribution in [2.75, 3.05) is 6.61 Å². The molecule has 0 fully saturated rings. The Bertz CT molecular complexity index is 1230. The summed E-state index contributed by atoms with van der Waals surface area (Å²) in [6.07, 6.45) is 0.973. The van der Waals surface area contributed by atoms with Gasteiger partial charge in [-0.15, -0.1) is 0 Å². The summed E-state index contributed by atoms with van der Waals surface area (Å²) in [5.41, 5.74) is 5.09. The number of benzene rings is 4. The fourth-order valence-corrected chi connectivity index (χ4v) is 3.87. The van der Waals surface area contributed by atoms with E-state index < -0.39 is 11.8 Å². The van der Waals surface area contributed by atoms with E-state index >= 15 is 0 Å². The van der Waals surface area contributed by atoms with Gasteiger partial charge in [0.1, 0.15) is 5.75 Å². The molecule has 0 spiro atoms. The molecule has 0 aliphatic carbocycles. The number of hydrogen-bond acceptors (Lipinski definition) is 3. The summed E-state index contributed by atoms with van der Waals surface area (Å²) in [7, 11) is 0. The fourth-order valence-electron chi connectivity index (χ4n) is 3.87. The normalized spacial score (nSPS) is 11.6. The minimum absolute atomic E-state index is 0.132. The molecular formula is C30H27FO3. The maximum atomic E-state index is 14.0. The van der Waals surface area contributed by atoms with Crippen LogP contribution in [-0.4, -0.2) is 12.6 Å². The Morgan fingerprint density at radius 3 is 2.12 bits per heavy atom. The lowest BCUT2D eigenvalue weighted by Gasteiger charge is -2.12. The molecule has 0 amide bonds. The Morgan fingerprint density at radius 2 is 1.50 bits per heavy atom. The monoisotopic (exact) mass is 454 g/mol. The van der Waals surface area contributed by atoms with E-state index in [4.69, 9.17) is 9.47 Å². The van der Waals surface area contributed by atoms with Crippen LogP contribution in [0.3, 0.4) is 0 Å². The average Bonchev–Trinajstić information content (AvgIpc) is 2.87. The van der Waals surface area contributed by atoms with Crippen LogP contribution < -0.4 is 9.47 Å². The van der Waals surface area contributed by atoms with Gasteiger partial charge in [-0.05, 0) is 65.8 Å². The lowest BCUT2D eigenvalue weighted by atomic mass is 9.93. The molecule has 34 heavy (non-hydrogen) atoms. The molecule has 1 atom stereocenters. The van der Waals surface area contributed by atoms with E-state index in [1.54, 1.807) is 19.1 Å². The van der Waals surface area contributed by atoms with Gasteiger partial charge < -0.3 is 9.47 Å². The van der Waals surface area contributed by atoms with Gasteiger partial charge in [0.25, 0.3) is 0 Å². The SMILES string of the molecule is CCOc1ccc(OC(=O)c2ccc(-c3ccc(C[C@H](C)c4ccccc4)cc3)cc2)cc1F. The number of rotatable bonds is 8. The molecule has 0 aliphatic rings. The van der Waals surface area contributed by atoms with Gasteiger partial charge >= 0.3 is 5.97 Å². The molecule has 4 aromatic rings. The van der Waals surface area contributed by atoms with Crippen molar-refractivity contribution in [3.05, 3.63) is 120 Å². The predicted molar refractivity (Wildman–Crippen MR) is 133 cm³/mol. The first-order chi connectivity index (χ1) is 16.5. The standard InChI is InChI=1S/C30H27FO3/c1-3-33-29-18-17-27(20-28(29)31)34-30(32)26-15-13-25(14-16-26)24-11-9-22(10-12-24)19-21(2)23-7-5-4-6-8-23/h4-18,20-21H,3,19H2,1-2H3/t21-/m0/s1. The largest absolute Gasteiger partial charge is 0.491 e. The number of esters is 1. The molecule has 0 N–H and O–H groups in total. The molecule has 4 aromatic carbocycles. The number of carbonyl (C=O) groups excluding carboxylic acids is 1. The van der Waals surface area contributed by atoms with E-state index in [9.17, 15) is 9.18 Å². The number of halogens is 1. The van der Waals surface area contributed by atoms with Crippen molar-refractivity contribution in [2.24, 2.45) is 0 Å². The molecule has 0 saturated carbocycles. The minimum Gasteiger partial charge on any atom is -0.491 e. The summed E-state index contributed by atoms with van der Waals surface area (Å²) < 4.78 is 24.5. The maximum absolute atomic E-state index is 14.0. The van der Waals surface area contributed by atoms with Gasteiger partial charge in [0.15, 0.2) is 11.6 Å². The summed E-state index contributed by atoms with van der Waals surface area (Å²) in [5.74, 6) is -0.395. The summed E-state index contributed by atoms with van der Waals surface area (Å²) in [6.45, 7) is 4.37. The van der Waals surface area contributed by atoms with Gasteiger partial charge in [-0.25, -0.2) is 9.18 Å². The third kappa shape index (κ3) is 5.70. The highest BCUT2D eigenvalue weighted by molar-refractivity contribution is 5.91. The van der Waals surface area contributed by atoms with Gasteiger partial charge in [-0.1, -0.05) is 73.7 Å². The van der Waals surface area contributed by atoms with Crippen LogP contribution in [0.25, 0.3) is 11.1 Å². The van der Waals surface area contributed by atoms with Crippen molar-refractivity contribution < 1.29 is 18.7 Å². The van der Waals surface area contributed by atoms with Crippen molar-refractivity contribution in [2.45, 2.75) is 26.2 Å². The summed E-state index contributed by atoms with van der Waals surface area (Å²) in [5, 5.41) is 0. The lowest BCUT2D eigenvalue weighted by Crippen LogP contribution is -2.08. The van der Waals surface area contributed by atoms with Gasteiger partial charge in [-0.3, -0.25) is 0 Å². The summed E-state index contributed by atoms with van der Waals surface area (Å²) >= 11 is 0. The first-order valence-electron chi connectivity index (χ1n) is 11.4.